The molecule has 0 aliphatic carbocycles. The molecule has 0 saturated heterocycles. The van der Waals surface area contributed by atoms with Crippen molar-refractivity contribution in [3.05, 3.63) is 64.4 Å². The van der Waals surface area contributed by atoms with Gasteiger partial charge in [-0.2, -0.15) is 0 Å². The Kier molecular flexibility index (Phi) is 3.43. The number of nitrogens with zero attached hydrogens (tertiary/aromatic N) is 1. The molecule has 0 unspecified atom stereocenters. The number of aromatic nitrogens is 1. The fourth-order valence-corrected chi connectivity index (χ4v) is 2.78. The van der Waals surface area contributed by atoms with E-state index in [-0.39, 0.29) is 11.4 Å². The molecule has 2 aromatic carbocycles. The third-order valence-electron chi connectivity index (χ3n) is 3.13. The Hall–Kier alpha value is -2.27. The van der Waals surface area contributed by atoms with Gasteiger partial charge in [-0.25, -0.2) is 14.2 Å². The van der Waals surface area contributed by atoms with Gasteiger partial charge in [0.15, 0.2) is 0 Å². The summed E-state index contributed by atoms with van der Waals surface area (Å²) in [6.45, 7) is 0. The van der Waals surface area contributed by atoms with Crippen LogP contribution in [-0.2, 0) is 0 Å². The van der Waals surface area contributed by atoms with Gasteiger partial charge in [-0.1, -0.05) is 34.1 Å². The van der Waals surface area contributed by atoms with Crippen LogP contribution in [-0.4, -0.2) is 16.1 Å². The van der Waals surface area contributed by atoms with Crippen LogP contribution in [0.25, 0.3) is 22.2 Å². The first-order chi connectivity index (χ1) is 10.1. The van der Waals surface area contributed by atoms with Gasteiger partial charge in [0.1, 0.15) is 5.82 Å². The number of rotatable bonds is 2. The van der Waals surface area contributed by atoms with Gasteiger partial charge in [0, 0.05) is 15.4 Å². The molecule has 0 amide bonds. The van der Waals surface area contributed by atoms with E-state index in [4.69, 9.17) is 0 Å². The molecule has 0 aliphatic heterocycles. The first-order valence-electron chi connectivity index (χ1n) is 6.15. The molecule has 21 heavy (non-hydrogen) atoms. The first-order valence-corrected chi connectivity index (χ1v) is 6.94. The SMILES string of the molecule is O=C(O)c1cc(-c2cccc(F)c2)nc2cccc(Br)c12. The molecule has 3 aromatic rings. The van der Waals surface area contributed by atoms with Crippen LogP contribution in [0.1, 0.15) is 10.4 Å². The number of benzene rings is 2. The monoisotopic (exact) mass is 345 g/mol. The molecular weight excluding hydrogens is 337 g/mol. The number of fused-ring (bicyclic) bond motifs is 1. The molecule has 3 nitrogen and oxygen atoms in total. The van der Waals surface area contributed by atoms with Gasteiger partial charge < -0.3 is 5.11 Å². The van der Waals surface area contributed by atoms with Crippen LogP contribution >= 0.6 is 15.9 Å². The quantitative estimate of drug-likeness (QED) is 0.743. The lowest BCUT2D eigenvalue weighted by molar-refractivity contribution is 0.0699. The van der Waals surface area contributed by atoms with Gasteiger partial charge >= 0.3 is 5.97 Å². The number of hydrogen-bond donors (Lipinski definition) is 1. The van der Waals surface area contributed by atoms with Gasteiger partial charge in [0.25, 0.3) is 0 Å². The maximum Gasteiger partial charge on any atom is 0.336 e. The lowest BCUT2D eigenvalue weighted by Gasteiger charge is -2.08. The standard InChI is InChI=1S/C16H9BrFNO2/c17-12-5-2-6-13-15(12)11(16(20)21)8-14(19-13)9-3-1-4-10(18)7-9/h1-8H,(H,20,21). The van der Waals surface area contributed by atoms with Crippen molar-refractivity contribution in [2.24, 2.45) is 0 Å². The summed E-state index contributed by atoms with van der Waals surface area (Å²) < 4.78 is 14.0. The van der Waals surface area contributed by atoms with Crippen molar-refractivity contribution in [2.45, 2.75) is 0 Å². The molecule has 5 heteroatoms. The minimum atomic E-state index is -1.05. The highest BCUT2D eigenvalue weighted by Crippen LogP contribution is 2.30. The highest BCUT2D eigenvalue weighted by molar-refractivity contribution is 9.10. The van der Waals surface area contributed by atoms with Crippen LogP contribution in [0.4, 0.5) is 4.39 Å². The normalized spacial score (nSPS) is 10.8. The molecule has 104 valence electrons. The second kappa shape index (κ2) is 5.26. The summed E-state index contributed by atoms with van der Waals surface area (Å²) >= 11 is 3.35. The Morgan fingerprint density at radius 3 is 2.62 bits per heavy atom. The van der Waals surface area contributed by atoms with Gasteiger partial charge in [0.2, 0.25) is 0 Å². The fourth-order valence-electron chi connectivity index (χ4n) is 2.21. The highest BCUT2D eigenvalue weighted by Gasteiger charge is 2.15. The fraction of sp³-hybridized carbons (Fsp3) is 0. The Labute approximate surface area is 128 Å². The maximum atomic E-state index is 13.3. The molecule has 1 N–H and O–H groups in total. The van der Waals surface area contributed by atoms with E-state index in [0.717, 1.165) is 0 Å². The summed E-state index contributed by atoms with van der Waals surface area (Å²) in [6.07, 6.45) is 0. The van der Waals surface area contributed by atoms with E-state index < -0.39 is 5.97 Å². The largest absolute Gasteiger partial charge is 0.478 e. The lowest BCUT2D eigenvalue weighted by atomic mass is 10.0. The molecule has 0 spiro atoms. The van der Waals surface area contributed by atoms with Crippen molar-refractivity contribution in [1.29, 1.82) is 0 Å². The van der Waals surface area contributed by atoms with Gasteiger partial charge in [0.05, 0.1) is 16.8 Å². The molecule has 0 radical (unpaired) electrons. The van der Waals surface area contributed by atoms with Crippen molar-refractivity contribution in [2.75, 3.05) is 0 Å². The number of carbonyl (C=O) groups is 1. The van der Waals surface area contributed by atoms with Crippen LogP contribution in [0.2, 0.25) is 0 Å². The highest BCUT2D eigenvalue weighted by atomic mass is 79.9. The van der Waals surface area contributed by atoms with E-state index in [2.05, 4.69) is 20.9 Å². The van der Waals surface area contributed by atoms with Crippen LogP contribution in [0.5, 0.6) is 0 Å². The molecule has 0 fully saturated rings. The summed E-state index contributed by atoms with van der Waals surface area (Å²) in [4.78, 5) is 15.9. The van der Waals surface area contributed by atoms with Crippen LogP contribution < -0.4 is 0 Å². The summed E-state index contributed by atoms with van der Waals surface area (Å²) in [5, 5.41) is 9.94. The molecule has 0 bridgehead atoms. The molecule has 1 aromatic heterocycles. The van der Waals surface area contributed by atoms with Crippen LogP contribution in [0.3, 0.4) is 0 Å². The van der Waals surface area contributed by atoms with Crippen molar-refractivity contribution in [1.82, 2.24) is 4.98 Å². The second-order valence-corrected chi connectivity index (χ2v) is 5.36. The van der Waals surface area contributed by atoms with E-state index >= 15 is 0 Å². The number of carboxylic acids is 1. The number of hydrogen-bond acceptors (Lipinski definition) is 2. The van der Waals surface area contributed by atoms with Crippen molar-refractivity contribution in [3.8, 4) is 11.3 Å². The smallest absolute Gasteiger partial charge is 0.336 e. The van der Waals surface area contributed by atoms with Gasteiger partial charge in [-0.05, 0) is 30.3 Å². The predicted molar refractivity (Wildman–Crippen MR) is 81.8 cm³/mol. The number of pyridine rings is 1. The number of carboxylic acid groups (broad SMARTS) is 1. The Morgan fingerprint density at radius 2 is 1.90 bits per heavy atom. The zero-order chi connectivity index (χ0) is 15.0. The third kappa shape index (κ3) is 2.52. The first kappa shape index (κ1) is 13.7. The zero-order valence-corrected chi connectivity index (χ0v) is 12.3. The van der Waals surface area contributed by atoms with Crippen molar-refractivity contribution >= 4 is 32.8 Å². The molecule has 3 rings (SSSR count). The summed E-state index contributed by atoms with van der Waals surface area (Å²) in [5.41, 5.74) is 1.65. The molecule has 1 heterocycles. The molecular formula is C16H9BrFNO2. The third-order valence-corrected chi connectivity index (χ3v) is 3.79. The van der Waals surface area contributed by atoms with E-state index in [1.807, 2.05) is 0 Å². The zero-order valence-electron chi connectivity index (χ0n) is 10.7. The average molecular weight is 346 g/mol. The molecule has 0 atom stereocenters. The Morgan fingerprint density at radius 1 is 1.14 bits per heavy atom. The summed E-state index contributed by atoms with van der Waals surface area (Å²) in [6, 6.07) is 12.7. The van der Waals surface area contributed by atoms with Crippen molar-refractivity contribution < 1.29 is 14.3 Å². The van der Waals surface area contributed by atoms with Crippen LogP contribution in [0, 0.1) is 5.82 Å². The Bertz CT molecular complexity index is 864. The Balaban J connectivity index is 2.34. The van der Waals surface area contributed by atoms with Gasteiger partial charge in [-0.3, -0.25) is 0 Å². The summed E-state index contributed by atoms with van der Waals surface area (Å²) in [7, 11) is 0. The topological polar surface area (TPSA) is 50.2 Å². The van der Waals surface area contributed by atoms with Crippen LogP contribution in [0.15, 0.2) is 53.0 Å². The van der Waals surface area contributed by atoms with E-state index in [0.29, 0.717) is 26.6 Å². The van der Waals surface area contributed by atoms with Crippen molar-refractivity contribution in [3.63, 3.8) is 0 Å². The second-order valence-electron chi connectivity index (χ2n) is 4.50. The van der Waals surface area contributed by atoms with Gasteiger partial charge in [-0.15, -0.1) is 0 Å². The molecule has 0 saturated carbocycles. The summed E-state index contributed by atoms with van der Waals surface area (Å²) in [5.74, 6) is -1.44. The maximum absolute atomic E-state index is 13.3. The predicted octanol–water partition coefficient (Wildman–Crippen LogP) is 4.50. The lowest BCUT2D eigenvalue weighted by Crippen LogP contribution is -2.01. The number of halogens is 2. The van der Waals surface area contributed by atoms with E-state index in [1.165, 1.54) is 18.2 Å². The molecule has 0 aliphatic rings. The van der Waals surface area contributed by atoms with E-state index in [1.54, 1.807) is 30.3 Å². The minimum absolute atomic E-state index is 0.131. The average Bonchev–Trinajstić information content (AvgIpc) is 2.46. The minimum Gasteiger partial charge on any atom is -0.478 e. The number of aromatic carboxylic acids is 1. The van der Waals surface area contributed by atoms with E-state index in [9.17, 15) is 14.3 Å².